The van der Waals surface area contributed by atoms with E-state index >= 15 is 0 Å². The predicted octanol–water partition coefficient (Wildman–Crippen LogP) is 3.64. The molecule has 0 saturated heterocycles. The monoisotopic (exact) mass is 326 g/mol. The molecule has 0 unspecified atom stereocenters. The zero-order valence-corrected chi connectivity index (χ0v) is 13.5. The molecule has 0 amide bonds. The van der Waals surface area contributed by atoms with Crippen LogP contribution in [0.5, 0.6) is 0 Å². The van der Waals surface area contributed by atoms with Crippen LogP contribution in [0.25, 0.3) is 0 Å². The predicted molar refractivity (Wildman–Crippen MR) is 85.0 cm³/mol. The topological polar surface area (TPSA) is 20.2 Å². The molecule has 1 aromatic rings. The maximum atomic E-state index is 8.67. The third-order valence-electron chi connectivity index (χ3n) is 3.07. The number of rotatable bonds is 11. The molecule has 1 N–H and O–H groups in total. The van der Waals surface area contributed by atoms with Gasteiger partial charge in [0, 0.05) is 0 Å². The average Bonchev–Trinajstić information content (AvgIpc) is 2.46. The van der Waals surface area contributed by atoms with Crippen LogP contribution in [0.15, 0.2) is 41.4 Å². The molecule has 0 fully saturated rings. The van der Waals surface area contributed by atoms with Gasteiger partial charge in [0.15, 0.2) is 0 Å². The second kappa shape index (κ2) is 12.5. The van der Waals surface area contributed by atoms with Crippen LogP contribution in [0.1, 0.15) is 51.4 Å². The molecule has 0 aromatic heterocycles. The standard InChI is InChI=1S/C17H26OSe/c18-15-11-6-4-2-1-3-5-7-12-16-19-17-13-9-8-10-14-17/h8-10,12-14,16,18H,1-7,11,15H2/b16-12+. The van der Waals surface area contributed by atoms with Gasteiger partial charge in [-0.15, -0.1) is 0 Å². The Morgan fingerprint density at radius 2 is 1.47 bits per heavy atom. The Morgan fingerprint density at radius 3 is 2.16 bits per heavy atom. The minimum absolute atomic E-state index is 0.355. The van der Waals surface area contributed by atoms with E-state index in [0.717, 1.165) is 6.42 Å². The Hall–Kier alpha value is -0.561. The van der Waals surface area contributed by atoms with Crippen molar-refractivity contribution >= 4 is 19.4 Å². The van der Waals surface area contributed by atoms with Crippen molar-refractivity contribution in [2.24, 2.45) is 0 Å². The quantitative estimate of drug-likeness (QED) is 0.486. The summed E-state index contributed by atoms with van der Waals surface area (Å²) in [7, 11) is 0. The van der Waals surface area contributed by atoms with Crippen LogP contribution in [-0.4, -0.2) is 26.7 Å². The van der Waals surface area contributed by atoms with E-state index in [1.54, 1.807) is 0 Å². The van der Waals surface area contributed by atoms with Crippen LogP contribution in [0.4, 0.5) is 0 Å². The van der Waals surface area contributed by atoms with E-state index in [9.17, 15) is 0 Å². The van der Waals surface area contributed by atoms with E-state index < -0.39 is 0 Å². The van der Waals surface area contributed by atoms with Crippen molar-refractivity contribution < 1.29 is 5.11 Å². The molecule has 1 nitrogen and oxygen atoms in total. The molecule has 0 bridgehead atoms. The van der Waals surface area contributed by atoms with Gasteiger partial charge < -0.3 is 0 Å². The van der Waals surface area contributed by atoms with Crippen molar-refractivity contribution in [2.75, 3.05) is 6.61 Å². The molecular formula is C17H26OSe. The number of hydrogen-bond acceptors (Lipinski definition) is 1. The van der Waals surface area contributed by atoms with Crippen molar-refractivity contribution in [1.29, 1.82) is 0 Å². The summed E-state index contributed by atoms with van der Waals surface area (Å²) in [5.41, 5.74) is 0. The van der Waals surface area contributed by atoms with Crippen molar-refractivity contribution in [1.82, 2.24) is 0 Å². The Labute approximate surface area is 124 Å². The molecule has 0 atom stereocenters. The molecule has 0 spiro atoms. The van der Waals surface area contributed by atoms with Gasteiger partial charge in [-0.05, 0) is 0 Å². The van der Waals surface area contributed by atoms with E-state index in [-0.39, 0.29) is 0 Å². The fourth-order valence-electron chi connectivity index (χ4n) is 1.95. The molecule has 106 valence electrons. The summed E-state index contributed by atoms with van der Waals surface area (Å²) in [6.45, 7) is 0.355. The average molecular weight is 325 g/mol. The van der Waals surface area contributed by atoms with E-state index in [4.69, 9.17) is 5.11 Å². The molecule has 1 aromatic carbocycles. The minimum atomic E-state index is 0.355. The third-order valence-corrected chi connectivity index (χ3v) is 4.90. The molecule has 0 aliphatic heterocycles. The number of hydrogen-bond donors (Lipinski definition) is 1. The normalized spacial score (nSPS) is 11.2. The van der Waals surface area contributed by atoms with Crippen LogP contribution in [0.3, 0.4) is 0 Å². The Kier molecular flexibility index (Phi) is 10.8. The van der Waals surface area contributed by atoms with Crippen LogP contribution in [0.2, 0.25) is 0 Å². The molecule has 2 heteroatoms. The first kappa shape index (κ1) is 16.5. The Morgan fingerprint density at radius 1 is 0.842 bits per heavy atom. The second-order valence-electron chi connectivity index (χ2n) is 4.79. The number of aliphatic hydroxyl groups is 1. The van der Waals surface area contributed by atoms with Crippen molar-refractivity contribution in [3.05, 3.63) is 41.4 Å². The van der Waals surface area contributed by atoms with Gasteiger partial charge in [0.25, 0.3) is 0 Å². The van der Waals surface area contributed by atoms with Crippen LogP contribution >= 0.6 is 0 Å². The van der Waals surface area contributed by atoms with Gasteiger partial charge in [0.1, 0.15) is 0 Å². The number of aliphatic hydroxyl groups excluding tert-OH is 1. The second-order valence-corrected chi connectivity index (χ2v) is 6.84. The molecular weight excluding hydrogens is 299 g/mol. The fourth-order valence-corrected chi connectivity index (χ4v) is 3.43. The van der Waals surface area contributed by atoms with Crippen molar-refractivity contribution in [3.8, 4) is 0 Å². The molecule has 1 rings (SSSR count). The van der Waals surface area contributed by atoms with E-state index in [2.05, 4.69) is 41.4 Å². The molecule has 19 heavy (non-hydrogen) atoms. The zero-order valence-electron chi connectivity index (χ0n) is 11.8. The third kappa shape index (κ3) is 9.95. The Bertz CT molecular complexity index is 321. The van der Waals surface area contributed by atoms with Gasteiger partial charge in [0.2, 0.25) is 0 Å². The van der Waals surface area contributed by atoms with Gasteiger partial charge in [-0.3, -0.25) is 0 Å². The molecule has 0 aliphatic carbocycles. The van der Waals surface area contributed by atoms with Gasteiger partial charge in [-0.2, -0.15) is 0 Å². The zero-order chi connectivity index (χ0) is 13.6. The first-order chi connectivity index (χ1) is 9.43. The van der Waals surface area contributed by atoms with Crippen molar-refractivity contribution in [3.63, 3.8) is 0 Å². The summed E-state index contributed by atoms with van der Waals surface area (Å²) in [4.78, 5) is 2.35. The summed E-state index contributed by atoms with van der Waals surface area (Å²) in [5.74, 6) is 0. The summed E-state index contributed by atoms with van der Waals surface area (Å²) >= 11 is 0.506. The van der Waals surface area contributed by atoms with E-state index in [1.165, 1.54) is 49.4 Å². The van der Waals surface area contributed by atoms with Crippen LogP contribution < -0.4 is 4.46 Å². The Balaban J connectivity index is 1.88. The number of allylic oxidation sites excluding steroid dienone is 1. The van der Waals surface area contributed by atoms with Gasteiger partial charge >= 0.3 is 124 Å². The summed E-state index contributed by atoms with van der Waals surface area (Å²) in [6.07, 6.45) is 12.4. The van der Waals surface area contributed by atoms with Crippen LogP contribution in [0, 0.1) is 0 Å². The SMILES string of the molecule is OCCCCCCCCC/C=C/[Se]c1ccccc1. The van der Waals surface area contributed by atoms with E-state index in [0.29, 0.717) is 21.6 Å². The first-order valence-electron chi connectivity index (χ1n) is 7.41. The molecule has 0 aliphatic rings. The number of benzene rings is 1. The summed E-state index contributed by atoms with van der Waals surface area (Å²) in [5, 5.41) is 8.67. The van der Waals surface area contributed by atoms with Gasteiger partial charge in [-0.25, -0.2) is 0 Å². The summed E-state index contributed by atoms with van der Waals surface area (Å²) in [6, 6.07) is 10.7. The van der Waals surface area contributed by atoms with Gasteiger partial charge in [0.05, 0.1) is 0 Å². The number of unbranched alkanes of at least 4 members (excludes halogenated alkanes) is 7. The van der Waals surface area contributed by atoms with Gasteiger partial charge in [-0.1, -0.05) is 0 Å². The fraction of sp³-hybridized carbons (Fsp3) is 0.529. The molecule has 0 heterocycles. The van der Waals surface area contributed by atoms with E-state index in [1.807, 2.05) is 0 Å². The molecule has 0 radical (unpaired) electrons. The summed E-state index contributed by atoms with van der Waals surface area (Å²) < 4.78 is 1.45. The first-order valence-corrected chi connectivity index (χ1v) is 9.25. The maximum absolute atomic E-state index is 8.67. The van der Waals surface area contributed by atoms with Crippen LogP contribution in [-0.2, 0) is 0 Å². The van der Waals surface area contributed by atoms with Crippen molar-refractivity contribution in [2.45, 2.75) is 51.4 Å². The molecule has 0 saturated carbocycles.